The topological polar surface area (TPSA) is 79.2 Å². The molecule has 0 aromatic carbocycles. The van der Waals surface area contributed by atoms with Gasteiger partial charge in [-0.2, -0.15) is 5.10 Å². The molecule has 102 valence electrons. The summed E-state index contributed by atoms with van der Waals surface area (Å²) < 4.78 is 1.72. The van der Waals surface area contributed by atoms with Gasteiger partial charge in [0.15, 0.2) is 0 Å². The number of hydrogen-bond donors (Lipinski definition) is 3. The Morgan fingerprint density at radius 3 is 2.83 bits per heavy atom. The highest BCUT2D eigenvalue weighted by molar-refractivity contribution is 5.74. The van der Waals surface area contributed by atoms with Crippen molar-refractivity contribution in [1.82, 2.24) is 20.4 Å². The smallest absolute Gasteiger partial charge is 0.315 e. The second kappa shape index (κ2) is 6.39. The minimum Gasteiger partial charge on any atom is -0.396 e. The summed E-state index contributed by atoms with van der Waals surface area (Å²) in [6, 6.07) is 1.63. The Balaban J connectivity index is 2.44. The van der Waals surface area contributed by atoms with Crippen LogP contribution in [0.4, 0.5) is 4.79 Å². The van der Waals surface area contributed by atoms with Crippen LogP contribution in [0.2, 0.25) is 0 Å². The van der Waals surface area contributed by atoms with Crippen LogP contribution in [0, 0.1) is 0 Å². The molecule has 0 saturated heterocycles. The monoisotopic (exact) mass is 254 g/mol. The molecule has 6 heteroatoms. The number of urea groups is 1. The van der Waals surface area contributed by atoms with Crippen molar-refractivity contribution in [3.63, 3.8) is 0 Å². The molecule has 0 spiro atoms. The largest absolute Gasteiger partial charge is 0.396 e. The Kier molecular flexibility index (Phi) is 5.15. The van der Waals surface area contributed by atoms with Crippen LogP contribution in [0.25, 0.3) is 0 Å². The normalized spacial score (nSPS) is 14.0. The number of rotatable bonds is 6. The Labute approximate surface area is 107 Å². The van der Waals surface area contributed by atoms with Crippen molar-refractivity contribution in [2.75, 3.05) is 6.61 Å². The Morgan fingerprint density at radius 2 is 2.33 bits per heavy atom. The first-order valence-corrected chi connectivity index (χ1v) is 6.14. The third-order valence-electron chi connectivity index (χ3n) is 3.21. The molecule has 0 radical (unpaired) electrons. The van der Waals surface area contributed by atoms with E-state index in [9.17, 15) is 4.79 Å². The summed E-state index contributed by atoms with van der Waals surface area (Å²) in [7, 11) is 1.83. The fourth-order valence-corrected chi connectivity index (χ4v) is 1.64. The van der Waals surface area contributed by atoms with E-state index in [-0.39, 0.29) is 18.2 Å². The van der Waals surface area contributed by atoms with Crippen LogP contribution in [0.5, 0.6) is 0 Å². The van der Waals surface area contributed by atoms with Crippen molar-refractivity contribution in [2.45, 2.75) is 38.8 Å². The molecule has 0 aliphatic rings. The van der Waals surface area contributed by atoms with Gasteiger partial charge in [-0.15, -0.1) is 0 Å². The van der Waals surface area contributed by atoms with Crippen molar-refractivity contribution >= 4 is 6.03 Å². The molecule has 0 saturated carbocycles. The standard InChI is InChI=1S/C12H22N4O2/c1-4-12(2,6-8-17)15-11(18)13-9-10-5-7-14-16(10)3/h5,7,17H,4,6,8-9H2,1-3H3,(H2,13,15,18). The summed E-state index contributed by atoms with van der Waals surface area (Å²) in [6.07, 6.45) is 3.01. The predicted octanol–water partition coefficient (Wildman–Crippen LogP) is 0.770. The Hall–Kier alpha value is -1.56. The molecule has 1 aromatic heterocycles. The minimum absolute atomic E-state index is 0.0619. The van der Waals surface area contributed by atoms with Gasteiger partial charge in [0, 0.05) is 25.4 Å². The number of amides is 2. The SMILES string of the molecule is CCC(C)(CCO)NC(=O)NCc1ccnn1C. The van der Waals surface area contributed by atoms with Gasteiger partial charge in [0.2, 0.25) is 0 Å². The van der Waals surface area contributed by atoms with Crippen molar-refractivity contribution in [2.24, 2.45) is 7.05 Å². The fourth-order valence-electron chi connectivity index (χ4n) is 1.64. The zero-order chi connectivity index (χ0) is 13.6. The van der Waals surface area contributed by atoms with Crippen LogP contribution in [0.1, 0.15) is 32.4 Å². The minimum atomic E-state index is -0.370. The molecule has 18 heavy (non-hydrogen) atoms. The van der Waals surface area contributed by atoms with E-state index in [4.69, 9.17) is 5.11 Å². The van der Waals surface area contributed by atoms with Crippen LogP contribution in [0.15, 0.2) is 12.3 Å². The maximum Gasteiger partial charge on any atom is 0.315 e. The van der Waals surface area contributed by atoms with E-state index in [1.54, 1.807) is 10.9 Å². The molecule has 0 fully saturated rings. The summed E-state index contributed by atoms with van der Waals surface area (Å²) in [6.45, 7) is 4.40. The number of carbonyl (C=O) groups excluding carboxylic acids is 1. The molecule has 1 atom stereocenters. The highest BCUT2D eigenvalue weighted by Gasteiger charge is 2.23. The zero-order valence-corrected chi connectivity index (χ0v) is 11.2. The second-order valence-electron chi connectivity index (χ2n) is 4.64. The number of aryl methyl sites for hydroxylation is 1. The van der Waals surface area contributed by atoms with Gasteiger partial charge in [0.05, 0.1) is 12.2 Å². The molecule has 1 unspecified atom stereocenters. The van der Waals surface area contributed by atoms with Gasteiger partial charge in [-0.3, -0.25) is 4.68 Å². The van der Waals surface area contributed by atoms with Crippen molar-refractivity contribution in [1.29, 1.82) is 0 Å². The summed E-state index contributed by atoms with van der Waals surface area (Å²) >= 11 is 0. The molecular formula is C12H22N4O2. The number of aromatic nitrogens is 2. The average molecular weight is 254 g/mol. The first kappa shape index (κ1) is 14.5. The number of nitrogens with one attached hydrogen (secondary N) is 2. The van der Waals surface area contributed by atoms with Gasteiger partial charge >= 0.3 is 6.03 Å². The number of hydrogen-bond acceptors (Lipinski definition) is 3. The van der Waals surface area contributed by atoms with Gasteiger partial charge in [-0.05, 0) is 25.8 Å². The lowest BCUT2D eigenvalue weighted by molar-refractivity contribution is 0.200. The summed E-state index contributed by atoms with van der Waals surface area (Å²) in [5.41, 5.74) is 0.566. The van der Waals surface area contributed by atoms with Gasteiger partial charge < -0.3 is 15.7 Å². The van der Waals surface area contributed by atoms with E-state index in [0.29, 0.717) is 13.0 Å². The molecule has 1 heterocycles. The average Bonchev–Trinajstić information content (AvgIpc) is 2.72. The maximum absolute atomic E-state index is 11.8. The van der Waals surface area contributed by atoms with Crippen LogP contribution >= 0.6 is 0 Å². The van der Waals surface area contributed by atoms with Gasteiger partial charge in [0.25, 0.3) is 0 Å². The molecular weight excluding hydrogens is 232 g/mol. The highest BCUT2D eigenvalue weighted by Crippen LogP contribution is 2.13. The van der Waals surface area contributed by atoms with Crippen LogP contribution < -0.4 is 10.6 Å². The van der Waals surface area contributed by atoms with E-state index in [1.165, 1.54) is 0 Å². The number of nitrogens with zero attached hydrogens (tertiary/aromatic N) is 2. The molecule has 6 nitrogen and oxygen atoms in total. The summed E-state index contributed by atoms with van der Waals surface area (Å²) in [5, 5.41) is 18.7. The Bertz CT molecular complexity index is 391. The third-order valence-corrected chi connectivity index (χ3v) is 3.21. The molecule has 2 amide bonds. The predicted molar refractivity (Wildman–Crippen MR) is 69.0 cm³/mol. The lowest BCUT2D eigenvalue weighted by Gasteiger charge is -2.29. The Morgan fingerprint density at radius 1 is 1.61 bits per heavy atom. The molecule has 1 aromatic rings. The first-order valence-electron chi connectivity index (χ1n) is 6.14. The molecule has 0 bridgehead atoms. The van der Waals surface area contributed by atoms with E-state index in [1.807, 2.05) is 27.0 Å². The van der Waals surface area contributed by atoms with Gasteiger partial charge in [-0.25, -0.2) is 4.79 Å². The molecule has 3 N–H and O–H groups in total. The van der Waals surface area contributed by atoms with Crippen LogP contribution in [-0.4, -0.2) is 33.1 Å². The summed E-state index contributed by atoms with van der Waals surface area (Å²) in [4.78, 5) is 11.8. The third kappa shape index (κ3) is 4.03. The maximum atomic E-state index is 11.8. The van der Waals surface area contributed by atoms with E-state index in [0.717, 1.165) is 12.1 Å². The van der Waals surface area contributed by atoms with E-state index in [2.05, 4.69) is 15.7 Å². The number of aliphatic hydroxyl groups is 1. The second-order valence-corrected chi connectivity index (χ2v) is 4.64. The molecule has 1 rings (SSSR count). The van der Waals surface area contributed by atoms with Crippen LogP contribution in [0.3, 0.4) is 0 Å². The quantitative estimate of drug-likeness (QED) is 0.701. The van der Waals surface area contributed by atoms with Crippen LogP contribution in [-0.2, 0) is 13.6 Å². The first-order chi connectivity index (χ1) is 8.50. The lowest BCUT2D eigenvalue weighted by atomic mass is 9.95. The van der Waals surface area contributed by atoms with E-state index >= 15 is 0 Å². The molecule has 0 aliphatic carbocycles. The van der Waals surface area contributed by atoms with Crippen molar-refractivity contribution in [3.8, 4) is 0 Å². The molecule has 0 aliphatic heterocycles. The number of aliphatic hydroxyl groups excluding tert-OH is 1. The van der Waals surface area contributed by atoms with Gasteiger partial charge in [0.1, 0.15) is 0 Å². The van der Waals surface area contributed by atoms with E-state index < -0.39 is 0 Å². The summed E-state index contributed by atoms with van der Waals surface area (Å²) in [5.74, 6) is 0. The lowest BCUT2D eigenvalue weighted by Crippen LogP contribution is -2.50. The number of carbonyl (C=O) groups is 1. The van der Waals surface area contributed by atoms with Crippen molar-refractivity contribution in [3.05, 3.63) is 18.0 Å². The fraction of sp³-hybridized carbons (Fsp3) is 0.667. The highest BCUT2D eigenvalue weighted by atomic mass is 16.3. The zero-order valence-electron chi connectivity index (χ0n) is 11.2. The van der Waals surface area contributed by atoms with Crippen molar-refractivity contribution < 1.29 is 9.90 Å². The van der Waals surface area contributed by atoms with Gasteiger partial charge in [-0.1, -0.05) is 6.92 Å².